The third-order valence-corrected chi connectivity index (χ3v) is 3.29. The van der Waals surface area contributed by atoms with Gasteiger partial charge in [-0.2, -0.15) is 0 Å². The summed E-state index contributed by atoms with van der Waals surface area (Å²) in [4.78, 5) is 24.4. The lowest BCUT2D eigenvalue weighted by Gasteiger charge is -2.28. The predicted octanol–water partition coefficient (Wildman–Crippen LogP) is 1.52. The average molecular weight is 225 g/mol. The van der Waals surface area contributed by atoms with Crippen molar-refractivity contribution in [3.63, 3.8) is 0 Å². The predicted molar refractivity (Wildman–Crippen MR) is 60.9 cm³/mol. The standard InChI is InChI=1S/C12H19NO3/c1-4-8(3)11(12(15)16)13-7-9(5-2)6-10(13)14/h5,8-9,11H,2,4,6-7H2,1,3H3,(H,15,16)/t8-,9?,11+/m0/s1. The van der Waals surface area contributed by atoms with Crippen LogP contribution in [0.5, 0.6) is 0 Å². The number of hydrogen-bond donors (Lipinski definition) is 1. The summed E-state index contributed by atoms with van der Waals surface area (Å²) in [5, 5.41) is 9.19. The molecular weight excluding hydrogens is 206 g/mol. The molecule has 4 heteroatoms. The van der Waals surface area contributed by atoms with Gasteiger partial charge in [-0.05, 0) is 5.92 Å². The van der Waals surface area contributed by atoms with Crippen molar-refractivity contribution in [2.75, 3.05) is 6.54 Å². The second kappa shape index (κ2) is 5.14. The Morgan fingerprint density at radius 1 is 1.75 bits per heavy atom. The van der Waals surface area contributed by atoms with E-state index in [1.54, 1.807) is 6.08 Å². The van der Waals surface area contributed by atoms with Crippen LogP contribution >= 0.6 is 0 Å². The Morgan fingerprint density at radius 2 is 2.38 bits per heavy atom. The van der Waals surface area contributed by atoms with E-state index < -0.39 is 12.0 Å². The fraction of sp³-hybridized carbons (Fsp3) is 0.667. The number of carbonyl (C=O) groups excluding carboxylic acids is 1. The molecule has 0 saturated carbocycles. The number of nitrogens with zero attached hydrogens (tertiary/aromatic N) is 1. The minimum atomic E-state index is -0.910. The van der Waals surface area contributed by atoms with E-state index in [2.05, 4.69) is 6.58 Å². The topological polar surface area (TPSA) is 57.6 Å². The van der Waals surface area contributed by atoms with Crippen molar-refractivity contribution in [3.8, 4) is 0 Å². The van der Waals surface area contributed by atoms with Gasteiger partial charge in [0.05, 0.1) is 0 Å². The van der Waals surface area contributed by atoms with Gasteiger partial charge in [-0.25, -0.2) is 4.79 Å². The zero-order chi connectivity index (χ0) is 12.3. The van der Waals surface area contributed by atoms with Gasteiger partial charge in [0.25, 0.3) is 0 Å². The van der Waals surface area contributed by atoms with Crippen LogP contribution in [0.3, 0.4) is 0 Å². The molecule has 0 aliphatic carbocycles. The number of aliphatic carboxylic acids is 1. The lowest BCUT2D eigenvalue weighted by atomic mass is 9.98. The maximum atomic E-state index is 11.7. The molecule has 0 aromatic carbocycles. The molecule has 1 N–H and O–H groups in total. The molecule has 0 spiro atoms. The second-order valence-corrected chi connectivity index (χ2v) is 4.41. The molecule has 1 rings (SSSR count). The van der Waals surface area contributed by atoms with Gasteiger partial charge in [-0.1, -0.05) is 26.3 Å². The van der Waals surface area contributed by atoms with Gasteiger partial charge in [-0.15, -0.1) is 6.58 Å². The maximum absolute atomic E-state index is 11.7. The SMILES string of the molecule is C=CC1CC(=O)N([C@@H](C(=O)O)[C@@H](C)CC)C1. The quantitative estimate of drug-likeness (QED) is 0.722. The summed E-state index contributed by atoms with van der Waals surface area (Å²) in [6.07, 6.45) is 2.87. The number of hydrogen-bond acceptors (Lipinski definition) is 2. The van der Waals surface area contributed by atoms with Crippen molar-refractivity contribution in [1.82, 2.24) is 4.90 Å². The average Bonchev–Trinajstić information content (AvgIpc) is 2.59. The number of rotatable bonds is 5. The molecule has 4 nitrogen and oxygen atoms in total. The highest BCUT2D eigenvalue weighted by atomic mass is 16.4. The Balaban J connectivity index is 2.83. The van der Waals surface area contributed by atoms with E-state index in [0.717, 1.165) is 6.42 Å². The van der Waals surface area contributed by atoms with Crippen molar-refractivity contribution in [2.45, 2.75) is 32.7 Å². The van der Waals surface area contributed by atoms with Crippen LogP contribution in [-0.2, 0) is 9.59 Å². The van der Waals surface area contributed by atoms with Gasteiger partial charge in [-0.3, -0.25) is 4.79 Å². The highest BCUT2D eigenvalue weighted by Crippen LogP contribution is 2.25. The van der Waals surface area contributed by atoms with Crippen molar-refractivity contribution in [1.29, 1.82) is 0 Å². The van der Waals surface area contributed by atoms with Gasteiger partial charge < -0.3 is 10.0 Å². The molecule has 0 bridgehead atoms. The first-order valence-corrected chi connectivity index (χ1v) is 5.66. The van der Waals surface area contributed by atoms with E-state index >= 15 is 0 Å². The molecule has 90 valence electrons. The largest absolute Gasteiger partial charge is 0.480 e. The van der Waals surface area contributed by atoms with Crippen LogP contribution < -0.4 is 0 Å². The van der Waals surface area contributed by atoms with E-state index in [9.17, 15) is 14.7 Å². The summed E-state index contributed by atoms with van der Waals surface area (Å²) >= 11 is 0. The van der Waals surface area contributed by atoms with Crippen LogP contribution in [-0.4, -0.2) is 34.5 Å². The molecule has 3 atom stereocenters. The van der Waals surface area contributed by atoms with Crippen LogP contribution in [0.1, 0.15) is 26.7 Å². The number of likely N-dealkylation sites (tertiary alicyclic amines) is 1. The molecule has 1 aliphatic heterocycles. The van der Waals surface area contributed by atoms with Crippen molar-refractivity contribution in [3.05, 3.63) is 12.7 Å². The van der Waals surface area contributed by atoms with Gasteiger partial charge in [0, 0.05) is 18.9 Å². The maximum Gasteiger partial charge on any atom is 0.326 e. The minimum absolute atomic E-state index is 0.0231. The molecule has 0 radical (unpaired) electrons. The minimum Gasteiger partial charge on any atom is -0.480 e. The van der Waals surface area contributed by atoms with Gasteiger partial charge in [0.2, 0.25) is 5.91 Å². The first-order valence-electron chi connectivity index (χ1n) is 5.66. The lowest BCUT2D eigenvalue weighted by molar-refractivity contribution is -0.150. The lowest BCUT2D eigenvalue weighted by Crippen LogP contribution is -2.46. The van der Waals surface area contributed by atoms with E-state index in [1.165, 1.54) is 4.90 Å². The van der Waals surface area contributed by atoms with Crippen LogP contribution in [0.15, 0.2) is 12.7 Å². The number of carboxylic acids is 1. The molecular formula is C12H19NO3. The van der Waals surface area contributed by atoms with Crippen LogP contribution in [0, 0.1) is 11.8 Å². The van der Waals surface area contributed by atoms with Crippen molar-refractivity contribution >= 4 is 11.9 Å². The number of amides is 1. The first kappa shape index (κ1) is 12.7. The Kier molecular flexibility index (Phi) is 4.10. The molecule has 1 aliphatic rings. The summed E-state index contributed by atoms with van der Waals surface area (Å²) in [5.41, 5.74) is 0. The third-order valence-electron chi connectivity index (χ3n) is 3.29. The first-order chi connectivity index (χ1) is 7.51. The molecule has 1 saturated heterocycles. The molecule has 1 unspecified atom stereocenters. The number of carbonyl (C=O) groups is 2. The van der Waals surface area contributed by atoms with E-state index in [4.69, 9.17) is 0 Å². The third kappa shape index (κ3) is 2.43. The molecule has 0 aromatic rings. The fourth-order valence-electron chi connectivity index (χ4n) is 2.09. The fourth-order valence-corrected chi connectivity index (χ4v) is 2.09. The molecule has 16 heavy (non-hydrogen) atoms. The van der Waals surface area contributed by atoms with Crippen molar-refractivity contribution in [2.24, 2.45) is 11.8 Å². The van der Waals surface area contributed by atoms with E-state index in [0.29, 0.717) is 13.0 Å². The number of carboxylic acid groups (broad SMARTS) is 1. The van der Waals surface area contributed by atoms with Gasteiger partial charge in [0.1, 0.15) is 6.04 Å². The van der Waals surface area contributed by atoms with E-state index in [-0.39, 0.29) is 17.7 Å². The molecule has 1 amide bonds. The van der Waals surface area contributed by atoms with Crippen molar-refractivity contribution < 1.29 is 14.7 Å². The van der Waals surface area contributed by atoms with Crippen LogP contribution in [0.25, 0.3) is 0 Å². The Labute approximate surface area is 95.9 Å². The highest BCUT2D eigenvalue weighted by molar-refractivity contribution is 5.85. The van der Waals surface area contributed by atoms with Gasteiger partial charge >= 0.3 is 5.97 Å². The molecule has 1 heterocycles. The molecule has 1 fully saturated rings. The van der Waals surface area contributed by atoms with Gasteiger partial charge in [0.15, 0.2) is 0 Å². The smallest absolute Gasteiger partial charge is 0.326 e. The van der Waals surface area contributed by atoms with Crippen LogP contribution in [0.4, 0.5) is 0 Å². The monoisotopic (exact) mass is 225 g/mol. The summed E-state index contributed by atoms with van der Waals surface area (Å²) in [6.45, 7) is 7.95. The zero-order valence-corrected chi connectivity index (χ0v) is 9.85. The highest BCUT2D eigenvalue weighted by Gasteiger charge is 2.38. The second-order valence-electron chi connectivity index (χ2n) is 4.41. The zero-order valence-electron chi connectivity index (χ0n) is 9.85. The molecule has 0 aromatic heterocycles. The van der Waals surface area contributed by atoms with E-state index in [1.807, 2.05) is 13.8 Å². The summed E-state index contributed by atoms with van der Waals surface area (Å²) in [6, 6.07) is -0.692. The Hall–Kier alpha value is -1.32. The summed E-state index contributed by atoms with van der Waals surface area (Å²) < 4.78 is 0. The normalized spacial score (nSPS) is 24.2. The van der Waals surface area contributed by atoms with Crippen LogP contribution in [0.2, 0.25) is 0 Å². The summed E-state index contributed by atoms with van der Waals surface area (Å²) in [5.74, 6) is -0.909. The summed E-state index contributed by atoms with van der Waals surface area (Å²) in [7, 11) is 0. The Bertz CT molecular complexity index is 301. The Morgan fingerprint density at radius 3 is 2.75 bits per heavy atom.